The summed E-state index contributed by atoms with van der Waals surface area (Å²) in [6.07, 6.45) is 1.58. The van der Waals surface area contributed by atoms with Crippen LogP contribution in [0.15, 0.2) is 91.7 Å². The number of aromatic nitrogens is 2. The van der Waals surface area contributed by atoms with Gasteiger partial charge in [0.25, 0.3) is 0 Å². The van der Waals surface area contributed by atoms with Crippen LogP contribution in [-0.2, 0) is 6.54 Å². The third kappa shape index (κ3) is 3.75. The van der Waals surface area contributed by atoms with Gasteiger partial charge in [-0.1, -0.05) is 47.3 Å². The molecular weight excluding hydrogens is 334 g/mol. The van der Waals surface area contributed by atoms with E-state index in [0.717, 1.165) is 10.6 Å². The molecule has 0 saturated heterocycles. The summed E-state index contributed by atoms with van der Waals surface area (Å²) in [5, 5.41) is 7.30. The molecule has 2 aromatic heterocycles. The normalized spacial score (nSPS) is 10.7. The maximum atomic E-state index is 5.28. The molecule has 0 saturated carbocycles. The Balaban J connectivity index is 1.46. The van der Waals surface area contributed by atoms with Crippen molar-refractivity contribution in [1.29, 1.82) is 0 Å². The number of nitrogens with zero attached hydrogens (tertiary/aromatic N) is 2. The van der Waals surface area contributed by atoms with E-state index in [1.54, 1.807) is 30.2 Å². The zero-order chi connectivity index (χ0) is 16.9. The van der Waals surface area contributed by atoms with Gasteiger partial charge in [0, 0.05) is 15.5 Å². The third-order valence-corrected chi connectivity index (χ3v) is 4.58. The first kappa shape index (κ1) is 15.5. The fourth-order valence-corrected chi connectivity index (χ4v) is 3.26. The monoisotopic (exact) mass is 349 g/mol. The lowest BCUT2D eigenvalue weighted by Gasteiger charge is -2.10. The quantitative estimate of drug-likeness (QED) is 0.523. The van der Waals surface area contributed by atoms with Crippen LogP contribution in [0.1, 0.15) is 5.89 Å². The Kier molecular flexibility index (Phi) is 4.52. The molecule has 0 fully saturated rings. The molecule has 5 nitrogen and oxygen atoms in total. The van der Waals surface area contributed by atoms with Crippen molar-refractivity contribution in [3.8, 4) is 11.6 Å². The van der Waals surface area contributed by atoms with Gasteiger partial charge in [-0.25, -0.2) is 0 Å². The first-order chi connectivity index (χ1) is 12.4. The first-order valence-electron chi connectivity index (χ1n) is 7.81. The first-order valence-corrected chi connectivity index (χ1v) is 8.62. The number of nitrogens with one attached hydrogen (secondary N) is 1. The van der Waals surface area contributed by atoms with Gasteiger partial charge in [-0.15, -0.1) is 0 Å². The van der Waals surface area contributed by atoms with Crippen molar-refractivity contribution in [3.05, 3.63) is 78.9 Å². The molecule has 6 heteroatoms. The van der Waals surface area contributed by atoms with E-state index in [2.05, 4.69) is 33.7 Å². The third-order valence-electron chi connectivity index (χ3n) is 3.50. The molecule has 1 N–H and O–H groups in total. The summed E-state index contributed by atoms with van der Waals surface area (Å²) in [7, 11) is 0. The zero-order valence-corrected chi connectivity index (χ0v) is 14.1. The Morgan fingerprint density at radius 3 is 2.60 bits per heavy atom. The van der Waals surface area contributed by atoms with E-state index in [4.69, 9.17) is 8.94 Å². The van der Waals surface area contributed by atoms with Crippen molar-refractivity contribution >= 4 is 17.4 Å². The minimum Gasteiger partial charge on any atom is -0.461 e. The Hall–Kier alpha value is -2.99. The molecule has 2 heterocycles. The topological polar surface area (TPSA) is 64.1 Å². The lowest BCUT2D eigenvalue weighted by molar-refractivity contribution is 0.382. The molecule has 0 amide bonds. The Morgan fingerprint density at radius 2 is 1.76 bits per heavy atom. The van der Waals surface area contributed by atoms with Gasteiger partial charge in [0.2, 0.25) is 11.7 Å². The lowest BCUT2D eigenvalue weighted by atomic mass is 10.3. The van der Waals surface area contributed by atoms with Gasteiger partial charge in [0.05, 0.1) is 12.8 Å². The molecule has 0 aliphatic carbocycles. The molecule has 4 rings (SSSR count). The highest BCUT2D eigenvalue weighted by atomic mass is 32.2. The van der Waals surface area contributed by atoms with Crippen LogP contribution in [0.2, 0.25) is 0 Å². The van der Waals surface area contributed by atoms with Gasteiger partial charge in [0.1, 0.15) is 0 Å². The van der Waals surface area contributed by atoms with E-state index in [9.17, 15) is 0 Å². The van der Waals surface area contributed by atoms with Crippen molar-refractivity contribution in [2.45, 2.75) is 16.3 Å². The molecular formula is C19H15N3O2S. The highest BCUT2D eigenvalue weighted by Gasteiger charge is 2.11. The van der Waals surface area contributed by atoms with Gasteiger partial charge in [0.15, 0.2) is 5.76 Å². The van der Waals surface area contributed by atoms with Gasteiger partial charge in [-0.05, 0) is 36.4 Å². The maximum absolute atomic E-state index is 5.28. The molecule has 2 aromatic carbocycles. The molecule has 0 spiro atoms. The van der Waals surface area contributed by atoms with Crippen LogP contribution in [0, 0.1) is 0 Å². The molecule has 0 unspecified atom stereocenters. The number of anilines is 1. The zero-order valence-electron chi connectivity index (χ0n) is 13.3. The smallest absolute Gasteiger partial charge is 0.246 e. The predicted molar refractivity (Wildman–Crippen MR) is 96.3 cm³/mol. The summed E-state index contributed by atoms with van der Waals surface area (Å²) in [5.41, 5.74) is 1.02. The minimum atomic E-state index is 0.445. The van der Waals surface area contributed by atoms with Crippen molar-refractivity contribution in [2.24, 2.45) is 0 Å². The Bertz CT molecular complexity index is 936. The molecule has 0 aliphatic rings. The summed E-state index contributed by atoms with van der Waals surface area (Å²) in [5.74, 6) is 1.55. The van der Waals surface area contributed by atoms with Crippen LogP contribution in [0.25, 0.3) is 11.6 Å². The predicted octanol–water partition coefficient (Wildman–Crippen LogP) is 5.09. The second-order valence-electron chi connectivity index (χ2n) is 5.25. The van der Waals surface area contributed by atoms with Gasteiger partial charge >= 0.3 is 0 Å². The second-order valence-corrected chi connectivity index (χ2v) is 6.37. The van der Waals surface area contributed by atoms with Crippen LogP contribution in [0.3, 0.4) is 0 Å². The fourth-order valence-electron chi connectivity index (χ4n) is 2.32. The number of hydrogen-bond donors (Lipinski definition) is 1. The van der Waals surface area contributed by atoms with Crippen LogP contribution < -0.4 is 5.32 Å². The van der Waals surface area contributed by atoms with E-state index in [-0.39, 0.29) is 0 Å². The summed E-state index contributed by atoms with van der Waals surface area (Å²) in [6, 6.07) is 22.0. The maximum Gasteiger partial charge on any atom is 0.246 e. The van der Waals surface area contributed by atoms with Gasteiger partial charge in [-0.3, -0.25) is 0 Å². The van der Waals surface area contributed by atoms with E-state index in [0.29, 0.717) is 24.0 Å². The fraction of sp³-hybridized carbons (Fsp3) is 0.0526. The number of rotatable bonds is 6. The highest BCUT2D eigenvalue weighted by Crippen LogP contribution is 2.33. The Morgan fingerprint density at radius 1 is 0.920 bits per heavy atom. The standard InChI is InChI=1S/C19H15N3O2S/c1-2-7-14(8-3-1)25-17-11-5-4-9-15(17)20-13-18-21-19(22-24-18)16-10-6-12-23-16/h1-12,20H,13H2. The average Bonchev–Trinajstić information content (AvgIpc) is 3.33. The van der Waals surface area contributed by atoms with Crippen LogP contribution in [0.5, 0.6) is 0 Å². The van der Waals surface area contributed by atoms with Gasteiger partial charge < -0.3 is 14.3 Å². The summed E-state index contributed by atoms with van der Waals surface area (Å²) >= 11 is 1.71. The largest absolute Gasteiger partial charge is 0.461 e. The van der Waals surface area contributed by atoms with Crippen molar-refractivity contribution < 1.29 is 8.94 Å². The molecule has 25 heavy (non-hydrogen) atoms. The average molecular weight is 349 g/mol. The van der Waals surface area contributed by atoms with Crippen LogP contribution >= 0.6 is 11.8 Å². The molecule has 0 aliphatic heterocycles. The van der Waals surface area contributed by atoms with Crippen molar-refractivity contribution in [1.82, 2.24) is 10.1 Å². The van der Waals surface area contributed by atoms with Crippen LogP contribution in [0.4, 0.5) is 5.69 Å². The molecule has 0 atom stereocenters. The van der Waals surface area contributed by atoms with E-state index < -0.39 is 0 Å². The Labute approximate surface area is 149 Å². The number of hydrogen-bond acceptors (Lipinski definition) is 6. The number of benzene rings is 2. The summed E-state index contributed by atoms with van der Waals surface area (Å²) in [6.45, 7) is 0.445. The molecule has 0 bridgehead atoms. The van der Waals surface area contributed by atoms with Crippen molar-refractivity contribution in [2.75, 3.05) is 5.32 Å². The summed E-state index contributed by atoms with van der Waals surface area (Å²) in [4.78, 5) is 6.67. The SMILES string of the molecule is c1ccc(Sc2ccccc2NCc2nc(-c3ccco3)no2)cc1. The van der Waals surface area contributed by atoms with Crippen LogP contribution in [-0.4, -0.2) is 10.1 Å². The lowest BCUT2D eigenvalue weighted by Crippen LogP contribution is -2.00. The highest BCUT2D eigenvalue weighted by molar-refractivity contribution is 7.99. The minimum absolute atomic E-state index is 0.445. The van der Waals surface area contributed by atoms with Gasteiger partial charge in [-0.2, -0.15) is 4.98 Å². The molecule has 124 valence electrons. The van der Waals surface area contributed by atoms with Crippen molar-refractivity contribution in [3.63, 3.8) is 0 Å². The summed E-state index contributed by atoms with van der Waals surface area (Å²) < 4.78 is 10.6. The number of para-hydroxylation sites is 1. The second kappa shape index (κ2) is 7.27. The van der Waals surface area contributed by atoms with E-state index in [1.807, 2.05) is 36.4 Å². The molecule has 0 radical (unpaired) electrons. The number of furan rings is 1. The van der Waals surface area contributed by atoms with E-state index >= 15 is 0 Å². The van der Waals surface area contributed by atoms with E-state index in [1.165, 1.54) is 4.90 Å². The molecule has 4 aromatic rings.